The zero-order valence-electron chi connectivity index (χ0n) is 18.3. The van der Waals surface area contributed by atoms with Crippen LogP contribution in [0.15, 0.2) is 65.7 Å². The van der Waals surface area contributed by atoms with Gasteiger partial charge in [-0.2, -0.15) is 0 Å². The molecule has 3 heterocycles. The van der Waals surface area contributed by atoms with E-state index < -0.39 is 0 Å². The third-order valence-electron chi connectivity index (χ3n) is 6.21. The lowest BCUT2D eigenvalue weighted by atomic mass is 10.1. The van der Waals surface area contributed by atoms with E-state index >= 15 is 0 Å². The van der Waals surface area contributed by atoms with E-state index in [1.165, 1.54) is 17.3 Å². The summed E-state index contributed by atoms with van der Waals surface area (Å²) in [6, 6.07) is 18.1. The summed E-state index contributed by atoms with van der Waals surface area (Å²) < 4.78 is 2.59. The third-order valence-corrected chi connectivity index (χ3v) is 7.59. The van der Waals surface area contributed by atoms with Crippen molar-refractivity contribution in [3.05, 3.63) is 76.8 Å². The summed E-state index contributed by atoms with van der Waals surface area (Å²) in [6.07, 6.45) is 6.82. The molecular formula is C26H25N3O2S2. The van der Waals surface area contributed by atoms with Gasteiger partial charge in [-0.1, -0.05) is 72.5 Å². The van der Waals surface area contributed by atoms with Crippen LogP contribution in [0.5, 0.6) is 0 Å². The molecule has 0 saturated carbocycles. The van der Waals surface area contributed by atoms with E-state index in [-0.39, 0.29) is 11.8 Å². The molecule has 0 N–H and O–H groups in total. The summed E-state index contributed by atoms with van der Waals surface area (Å²) in [5.41, 5.74) is 3.11. The number of nitrogens with zero attached hydrogens (tertiary/aromatic N) is 3. The molecule has 0 radical (unpaired) electrons. The number of carbonyl (C=O) groups is 2. The molecule has 0 aliphatic carbocycles. The first kappa shape index (κ1) is 21.9. The second-order valence-corrected chi connectivity index (χ2v) is 10.1. The van der Waals surface area contributed by atoms with Crippen molar-refractivity contribution in [1.82, 2.24) is 14.4 Å². The lowest BCUT2D eigenvalue weighted by molar-refractivity contribution is -0.130. The maximum absolute atomic E-state index is 13.1. The molecule has 3 aromatic rings. The topological polar surface area (TPSA) is 45.6 Å². The van der Waals surface area contributed by atoms with Gasteiger partial charge in [-0.05, 0) is 37.0 Å². The number of para-hydroxylation sites is 1. The summed E-state index contributed by atoms with van der Waals surface area (Å²) in [7, 11) is 0. The van der Waals surface area contributed by atoms with Gasteiger partial charge < -0.3 is 9.47 Å². The van der Waals surface area contributed by atoms with E-state index in [9.17, 15) is 9.59 Å². The minimum absolute atomic E-state index is 0.0501. The Kier molecular flexibility index (Phi) is 6.33. The first-order valence-corrected chi connectivity index (χ1v) is 12.5. The number of benzene rings is 2. The van der Waals surface area contributed by atoms with Crippen LogP contribution in [-0.2, 0) is 22.6 Å². The van der Waals surface area contributed by atoms with Crippen molar-refractivity contribution in [1.29, 1.82) is 0 Å². The number of hydrogen-bond donors (Lipinski definition) is 0. The number of hydrogen-bond acceptors (Lipinski definition) is 4. The number of fused-ring (bicyclic) bond motifs is 1. The molecule has 7 heteroatoms. The monoisotopic (exact) mass is 475 g/mol. The molecule has 0 spiro atoms. The second kappa shape index (κ2) is 9.53. The largest absolute Gasteiger partial charge is 0.341 e. The first-order valence-electron chi connectivity index (χ1n) is 11.2. The van der Waals surface area contributed by atoms with Crippen molar-refractivity contribution in [2.45, 2.75) is 25.8 Å². The summed E-state index contributed by atoms with van der Waals surface area (Å²) in [6.45, 7) is 2.57. The molecule has 2 aromatic carbocycles. The molecular weight excluding hydrogens is 450 g/mol. The Labute approximate surface area is 203 Å². The van der Waals surface area contributed by atoms with Crippen LogP contribution >= 0.6 is 24.0 Å². The van der Waals surface area contributed by atoms with Crippen LogP contribution in [0.2, 0.25) is 0 Å². The van der Waals surface area contributed by atoms with Gasteiger partial charge in [-0.15, -0.1) is 0 Å². The van der Waals surface area contributed by atoms with E-state index in [4.69, 9.17) is 12.2 Å². The van der Waals surface area contributed by atoms with Gasteiger partial charge in [0.2, 0.25) is 5.91 Å². The molecule has 0 bridgehead atoms. The van der Waals surface area contributed by atoms with Gasteiger partial charge in [-0.25, -0.2) is 0 Å². The molecule has 0 unspecified atom stereocenters. The van der Waals surface area contributed by atoms with Crippen molar-refractivity contribution in [2.24, 2.45) is 0 Å². The highest BCUT2D eigenvalue weighted by Gasteiger charge is 2.32. The highest BCUT2D eigenvalue weighted by molar-refractivity contribution is 8.26. The van der Waals surface area contributed by atoms with Gasteiger partial charge in [0.25, 0.3) is 5.91 Å². The van der Waals surface area contributed by atoms with Crippen molar-refractivity contribution < 1.29 is 9.59 Å². The molecule has 5 nitrogen and oxygen atoms in total. The second-order valence-electron chi connectivity index (χ2n) is 8.39. The Morgan fingerprint density at radius 2 is 1.76 bits per heavy atom. The molecule has 1 aromatic heterocycles. The van der Waals surface area contributed by atoms with Crippen LogP contribution in [-0.4, -0.2) is 50.1 Å². The number of rotatable bonds is 6. The predicted molar refractivity (Wildman–Crippen MR) is 138 cm³/mol. The Balaban J connectivity index is 1.37. The van der Waals surface area contributed by atoms with Crippen molar-refractivity contribution in [3.63, 3.8) is 0 Å². The fourth-order valence-corrected chi connectivity index (χ4v) is 5.75. The maximum Gasteiger partial charge on any atom is 0.266 e. The molecule has 5 rings (SSSR count). The molecule has 2 fully saturated rings. The Morgan fingerprint density at radius 1 is 1.03 bits per heavy atom. The highest BCUT2D eigenvalue weighted by atomic mass is 32.2. The van der Waals surface area contributed by atoms with E-state index in [2.05, 4.69) is 12.1 Å². The summed E-state index contributed by atoms with van der Waals surface area (Å²) in [4.78, 5) is 30.1. The smallest absolute Gasteiger partial charge is 0.266 e. The van der Waals surface area contributed by atoms with Gasteiger partial charge in [0, 0.05) is 42.3 Å². The molecule has 168 valence electrons. The Hall–Kier alpha value is -2.90. The number of carbonyl (C=O) groups excluding carboxylic acids is 2. The molecule has 2 aliphatic heterocycles. The van der Waals surface area contributed by atoms with Gasteiger partial charge >= 0.3 is 0 Å². The Morgan fingerprint density at radius 3 is 2.55 bits per heavy atom. The zero-order valence-corrected chi connectivity index (χ0v) is 19.9. The van der Waals surface area contributed by atoms with Gasteiger partial charge in [-0.3, -0.25) is 14.5 Å². The number of thioether (sulfide) groups is 1. The summed E-state index contributed by atoms with van der Waals surface area (Å²) >= 11 is 6.87. The highest BCUT2D eigenvalue weighted by Crippen LogP contribution is 2.34. The van der Waals surface area contributed by atoms with E-state index in [1.54, 1.807) is 4.90 Å². The quantitative estimate of drug-likeness (QED) is 0.383. The van der Waals surface area contributed by atoms with Crippen LogP contribution in [0.1, 0.15) is 24.0 Å². The minimum atomic E-state index is -0.0501. The number of thiocarbonyl (C=S) groups is 1. The maximum atomic E-state index is 13.1. The number of likely N-dealkylation sites (tertiary alicyclic amines) is 1. The van der Waals surface area contributed by atoms with Crippen LogP contribution in [0.3, 0.4) is 0 Å². The molecule has 2 saturated heterocycles. The van der Waals surface area contributed by atoms with Crippen LogP contribution in [0.25, 0.3) is 17.0 Å². The van der Waals surface area contributed by atoms with Gasteiger partial charge in [0.1, 0.15) is 10.9 Å². The average Bonchev–Trinajstić information content (AvgIpc) is 3.54. The zero-order chi connectivity index (χ0) is 22.8. The predicted octanol–water partition coefficient (Wildman–Crippen LogP) is 4.71. The van der Waals surface area contributed by atoms with E-state index in [0.29, 0.717) is 22.3 Å². The normalized spacial score (nSPS) is 17.6. The SMILES string of the molecule is O=C(Cn1cc(/C=C2\SC(=S)N(CCc3ccccc3)C2=O)c2ccccc21)N1CCCC1. The standard InChI is InChI=1S/C26H25N3O2S2/c30-24(27-13-6-7-14-27)18-28-17-20(21-10-4-5-11-22(21)28)16-23-25(31)29(26(32)33-23)15-12-19-8-2-1-3-9-19/h1-5,8-11,16-17H,6-7,12-15,18H2/b23-16-. The average molecular weight is 476 g/mol. The van der Waals surface area contributed by atoms with Crippen LogP contribution in [0, 0.1) is 0 Å². The summed E-state index contributed by atoms with van der Waals surface area (Å²) in [5.74, 6) is 0.0953. The van der Waals surface area contributed by atoms with Gasteiger partial charge in [0.05, 0.1) is 4.91 Å². The molecule has 0 atom stereocenters. The van der Waals surface area contributed by atoms with E-state index in [0.717, 1.165) is 48.8 Å². The molecule has 2 amide bonds. The van der Waals surface area contributed by atoms with Crippen LogP contribution < -0.4 is 0 Å². The first-order chi connectivity index (χ1) is 16.1. The van der Waals surface area contributed by atoms with Crippen molar-refractivity contribution in [2.75, 3.05) is 19.6 Å². The fourth-order valence-electron chi connectivity index (χ4n) is 4.45. The molecule has 33 heavy (non-hydrogen) atoms. The third kappa shape index (κ3) is 4.61. The fraction of sp³-hybridized carbons (Fsp3) is 0.269. The van der Waals surface area contributed by atoms with Gasteiger partial charge in [0.15, 0.2) is 0 Å². The lowest BCUT2D eigenvalue weighted by Crippen LogP contribution is -2.30. The van der Waals surface area contributed by atoms with E-state index in [1.807, 2.05) is 64.2 Å². The molecule has 2 aliphatic rings. The number of amides is 2. The minimum Gasteiger partial charge on any atom is -0.341 e. The summed E-state index contributed by atoms with van der Waals surface area (Å²) in [5, 5.41) is 1.03. The Bertz CT molecular complexity index is 1240. The number of aromatic nitrogens is 1. The van der Waals surface area contributed by atoms with Crippen molar-refractivity contribution in [3.8, 4) is 0 Å². The van der Waals surface area contributed by atoms with Crippen LogP contribution in [0.4, 0.5) is 0 Å². The lowest BCUT2D eigenvalue weighted by Gasteiger charge is -2.15. The van der Waals surface area contributed by atoms with Crippen molar-refractivity contribution >= 4 is 57.1 Å².